The van der Waals surface area contributed by atoms with E-state index in [9.17, 15) is 8.42 Å². The van der Waals surface area contributed by atoms with Crippen molar-refractivity contribution in [3.8, 4) is 0 Å². The molecule has 0 N–H and O–H groups in total. The minimum Gasteiger partial charge on any atom is -0.245 e. The zero-order valence-electron chi connectivity index (χ0n) is 12.8. The Balaban J connectivity index is 0. The minimum atomic E-state index is -3.19. The molecule has 2 aromatic rings. The maximum absolute atomic E-state index is 11.4. The summed E-state index contributed by atoms with van der Waals surface area (Å²) in [6, 6.07) is 7.46. The first kappa shape index (κ1) is 20.5. The summed E-state index contributed by atoms with van der Waals surface area (Å²) in [5, 5.41) is 0.984. The lowest BCUT2D eigenvalue weighted by Gasteiger charge is -2.02. The molecule has 3 nitrogen and oxygen atoms in total. The third-order valence-corrected chi connectivity index (χ3v) is 3.31. The maximum atomic E-state index is 11.4. The Labute approximate surface area is 120 Å². The van der Waals surface area contributed by atoms with E-state index >= 15 is 0 Å². The normalized spacial score (nSPS) is 9.58. The third-order valence-electron chi connectivity index (χ3n) is 2.27. The van der Waals surface area contributed by atoms with Gasteiger partial charge in [0.15, 0.2) is 0 Å². The number of nitrogens with zero attached hydrogens (tertiary/aromatic N) is 1. The van der Waals surface area contributed by atoms with Gasteiger partial charge >= 0.3 is 0 Å². The van der Waals surface area contributed by atoms with E-state index in [1.807, 2.05) is 58.9 Å². The van der Waals surface area contributed by atoms with Crippen molar-refractivity contribution >= 4 is 30.8 Å². The summed E-state index contributed by atoms with van der Waals surface area (Å²) in [7, 11) is -3.19. The van der Waals surface area contributed by atoms with Gasteiger partial charge in [-0.25, -0.2) is 12.4 Å². The van der Waals surface area contributed by atoms with Gasteiger partial charge in [0.2, 0.25) is 10.0 Å². The molecule has 0 aliphatic carbocycles. The van der Waals surface area contributed by atoms with Crippen molar-refractivity contribution in [2.24, 2.45) is 0 Å². The number of hydrogen-bond acceptors (Lipinski definition) is 2. The molecule has 0 spiro atoms. The van der Waals surface area contributed by atoms with E-state index in [1.54, 1.807) is 6.20 Å². The largest absolute Gasteiger partial charge is 0.245 e. The zero-order chi connectivity index (χ0) is 14.3. The first-order chi connectivity index (χ1) is 8.50. The van der Waals surface area contributed by atoms with Crippen LogP contribution in [0.2, 0.25) is 0 Å². The molecular formula is C14H26NO2PS. The highest BCUT2D eigenvalue weighted by Crippen LogP contribution is 2.20. The molecule has 19 heavy (non-hydrogen) atoms. The number of aromatic nitrogens is 1. The Kier molecular flexibility index (Phi) is 9.81. The molecule has 0 radical (unpaired) electrons. The summed E-state index contributed by atoms with van der Waals surface area (Å²) < 4.78 is 24.1. The van der Waals surface area contributed by atoms with Gasteiger partial charge in [0, 0.05) is 11.6 Å². The quantitative estimate of drug-likeness (QED) is 0.750. The molecule has 1 atom stereocenters. The highest BCUT2D eigenvalue weighted by Gasteiger charge is 2.09. The molecule has 0 aliphatic rings. The van der Waals surface area contributed by atoms with Gasteiger partial charge in [-0.3, -0.25) is 0 Å². The van der Waals surface area contributed by atoms with Gasteiger partial charge in [0.05, 0.1) is 11.8 Å². The number of fused-ring (bicyclic) bond motifs is 1. The summed E-state index contributed by atoms with van der Waals surface area (Å²) in [6.45, 7) is 9.97. The van der Waals surface area contributed by atoms with E-state index in [1.165, 1.54) is 10.2 Å². The molecule has 0 fully saturated rings. The van der Waals surface area contributed by atoms with Crippen LogP contribution in [-0.2, 0) is 10.0 Å². The first-order valence-electron chi connectivity index (χ1n) is 6.27. The van der Waals surface area contributed by atoms with Crippen molar-refractivity contribution in [2.45, 2.75) is 34.6 Å². The summed E-state index contributed by atoms with van der Waals surface area (Å²) in [5.74, 6) is 0. The highest BCUT2D eigenvalue weighted by molar-refractivity contribution is 7.89. The minimum absolute atomic E-state index is 0. The van der Waals surface area contributed by atoms with Crippen molar-refractivity contribution in [3.05, 3.63) is 36.0 Å². The summed E-state index contributed by atoms with van der Waals surface area (Å²) in [4.78, 5) is 0. The van der Waals surface area contributed by atoms with E-state index in [2.05, 4.69) is 0 Å². The van der Waals surface area contributed by atoms with Crippen molar-refractivity contribution < 1.29 is 8.42 Å². The maximum Gasteiger partial charge on any atom is 0.236 e. The lowest BCUT2D eigenvalue weighted by atomic mass is 10.1. The van der Waals surface area contributed by atoms with Gasteiger partial charge in [-0.05, 0) is 24.6 Å². The molecule has 1 heterocycles. The van der Waals surface area contributed by atoms with Gasteiger partial charge in [-0.2, -0.15) is 9.90 Å². The second-order valence-electron chi connectivity index (χ2n) is 3.38. The molecule has 0 saturated heterocycles. The van der Waals surface area contributed by atoms with E-state index in [0.717, 1.165) is 16.5 Å². The fourth-order valence-corrected chi connectivity index (χ4v) is 2.38. The monoisotopic (exact) mass is 303 g/mol. The Morgan fingerprint density at radius 1 is 1.00 bits per heavy atom. The van der Waals surface area contributed by atoms with Crippen LogP contribution in [0.1, 0.15) is 33.3 Å². The molecule has 1 aromatic heterocycles. The van der Waals surface area contributed by atoms with Crippen LogP contribution in [0.3, 0.4) is 0 Å². The van der Waals surface area contributed by atoms with Gasteiger partial charge < -0.3 is 0 Å². The predicted molar refractivity (Wildman–Crippen MR) is 90.7 cm³/mol. The SMILES string of the molecule is CC.CC.Cc1cccc2c1ccn2S(C)(=O)=O.P. The topological polar surface area (TPSA) is 39.1 Å². The van der Waals surface area contributed by atoms with Gasteiger partial charge in [0.25, 0.3) is 0 Å². The summed E-state index contributed by atoms with van der Waals surface area (Å²) >= 11 is 0. The Hall–Kier alpha value is -0.860. The molecule has 0 saturated carbocycles. The number of rotatable bonds is 1. The fourth-order valence-electron chi connectivity index (χ4n) is 1.59. The summed E-state index contributed by atoms with van der Waals surface area (Å²) in [5.41, 5.74) is 1.83. The smallest absolute Gasteiger partial charge is 0.236 e. The molecule has 2 rings (SSSR count). The average molecular weight is 303 g/mol. The predicted octanol–water partition coefficient (Wildman–Crippen LogP) is 3.87. The van der Waals surface area contributed by atoms with Gasteiger partial charge in [-0.1, -0.05) is 39.8 Å². The zero-order valence-corrected chi connectivity index (χ0v) is 15.0. The Bertz CT molecular complexity index is 589. The number of hydrogen-bond donors (Lipinski definition) is 0. The Morgan fingerprint density at radius 3 is 2.00 bits per heavy atom. The van der Waals surface area contributed by atoms with Gasteiger partial charge in [-0.15, -0.1) is 0 Å². The highest BCUT2D eigenvalue weighted by atomic mass is 32.2. The van der Waals surface area contributed by atoms with E-state index in [0.29, 0.717) is 0 Å². The average Bonchev–Trinajstić information content (AvgIpc) is 2.79. The van der Waals surface area contributed by atoms with Crippen LogP contribution in [0.25, 0.3) is 10.9 Å². The standard InChI is InChI=1S/C10H11NO2S.2C2H6.H3P/c1-8-4-3-5-10-9(8)6-7-11(10)14(2,12)13;2*1-2;/h3-7H,1-2H3;2*1-2H3;1H3. The van der Waals surface area contributed by atoms with Crippen molar-refractivity contribution in [1.29, 1.82) is 0 Å². The molecule has 1 unspecified atom stereocenters. The van der Waals surface area contributed by atoms with Crippen molar-refractivity contribution in [3.63, 3.8) is 0 Å². The van der Waals surface area contributed by atoms with Crippen LogP contribution in [0.5, 0.6) is 0 Å². The first-order valence-corrected chi connectivity index (χ1v) is 8.12. The van der Waals surface area contributed by atoms with Crippen LogP contribution >= 0.6 is 9.90 Å². The number of benzene rings is 1. The molecule has 110 valence electrons. The molecule has 0 amide bonds. The summed E-state index contributed by atoms with van der Waals surface area (Å²) in [6.07, 6.45) is 2.79. The van der Waals surface area contributed by atoms with Crippen LogP contribution in [0.4, 0.5) is 0 Å². The van der Waals surface area contributed by atoms with Crippen LogP contribution < -0.4 is 0 Å². The van der Waals surface area contributed by atoms with E-state index in [-0.39, 0.29) is 9.90 Å². The molecule has 1 aromatic carbocycles. The van der Waals surface area contributed by atoms with Gasteiger partial charge in [0.1, 0.15) is 0 Å². The lowest BCUT2D eigenvalue weighted by molar-refractivity contribution is 0.595. The molecule has 0 aliphatic heterocycles. The van der Waals surface area contributed by atoms with E-state index < -0.39 is 10.0 Å². The van der Waals surface area contributed by atoms with E-state index in [4.69, 9.17) is 0 Å². The molecule has 0 bridgehead atoms. The second-order valence-corrected chi connectivity index (χ2v) is 5.24. The third kappa shape index (κ3) is 4.96. The number of aryl methyl sites for hydroxylation is 1. The lowest BCUT2D eigenvalue weighted by Crippen LogP contribution is -2.07. The second kappa shape index (κ2) is 9.11. The fraction of sp³-hybridized carbons (Fsp3) is 0.429. The van der Waals surface area contributed by atoms with Crippen molar-refractivity contribution in [1.82, 2.24) is 3.97 Å². The Morgan fingerprint density at radius 2 is 1.53 bits per heavy atom. The molecule has 5 heteroatoms. The van der Waals surface area contributed by atoms with Crippen LogP contribution in [0.15, 0.2) is 30.5 Å². The molecular weight excluding hydrogens is 277 g/mol. The van der Waals surface area contributed by atoms with Crippen LogP contribution in [-0.4, -0.2) is 18.6 Å². The van der Waals surface area contributed by atoms with Crippen molar-refractivity contribution in [2.75, 3.05) is 6.26 Å². The van der Waals surface area contributed by atoms with Crippen LogP contribution in [0, 0.1) is 6.92 Å².